The van der Waals surface area contributed by atoms with Crippen molar-refractivity contribution in [3.8, 4) is 5.75 Å². The molecule has 2 aromatic rings. The van der Waals surface area contributed by atoms with Gasteiger partial charge in [0.1, 0.15) is 18.0 Å². The maximum Gasteiger partial charge on any atom is 0.320 e. The summed E-state index contributed by atoms with van der Waals surface area (Å²) in [6.07, 6.45) is 0. The Labute approximate surface area is 160 Å². The molecule has 0 aliphatic rings. The number of carbonyl (C=O) groups excluding carboxylic acids is 1. The number of nitrogens with one attached hydrogen (secondary N) is 1. The van der Waals surface area contributed by atoms with Crippen molar-refractivity contribution in [2.45, 2.75) is 45.9 Å². The molecule has 0 bridgehead atoms. The zero-order chi connectivity index (χ0) is 19.2. The van der Waals surface area contributed by atoms with E-state index in [1.54, 1.807) is 6.07 Å². The molecule has 0 amide bonds. The van der Waals surface area contributed by atoms with Gasteiger partial charge >= 0.3 is 5.97 Å². The first-order valence-electron chi connectivity index (χ1n) is 8.66. The van der Waals surface area contributed by atoms with Gasteiger partial charge in [-0.05, 0) is 51.0 Å². The molecule has 2 aromatic carbocycles. The minimum Gasteiger partial charge on any atom is -0.489 e. The number of hydrogen-bond acceptors (Lipinski definition) is 4. The Hall–Kier alpha value is -2.04. The summed E-state index contributed by atoms with van der Waals surface area (Å²) in [6.45, 7) is 8.11. The van der Waals surface area contributed by atoms with Crippen molar-refractivity contribution in [2.24, 2.45) is 0 Å². The van der Waals surface area contributed by atoms with E-state index in [1.165, 1.54) is 0 Å². The van der Waals surface area contributed by atoms with Gasteiger partial charge in [-0.3, -0.25) is 4.79 Å². The molecule has 0 radical (unpaired) electrons. The zero-order valence-electron chi connectivity index (χ0n) is 15.7. The molecular weight excluding hydrogens is 350 g/mol. The molecule has 4 nitrogen and oxygen atoms in total. The van der Waals surface area contributed by atoms with Crippen molar-refractivity contribution in [2.75, 3.05) is 6.54 Å². The van der Waals surface area contributed by atoms with Crippen LogP contribution in [0.2, 0.25) is 5.02 Å². The average Bonchev–Trinajstić information content (AvgIpc) is 2.57. The van der Waals surface area contributed by atoms with Crippen LogP contribution in [0.15, 0.2) is 48.5 Å². The third-order valence-electron chi connectivity index (χ3n) is 3.66. The maximum absolute atomic E-state index is 11.8. The summed E-state index contributed by atoms with van der Waals surface area (Å²) >= 11 is 6.39. The molecule has 1 N–H and O–H groups in total. The van der Waals surface area contributed by atoms with E-state index in [2.05, 4.69) is 5.32 Å². The number of carbonyl (C=O) groups is 1. The Bertz CT molecular complexity index is 726. The van der Waals surface area contributed by atoms with Crippen LogP contribution in [0.4, 0.5) is 0 Å². The lowest BCUT2D eigenvalue weighted by atomic mass is 10.1. The standard InChI is InChI=1S/C21H26ClNO3/c1-15(23-13-20(24)26-21(2,3)4)18-11-10-17(12-19(18)22)25-14-16-8-6-5-7-9-16/h5-12,15,23H,13-14H2,1-4H3. The monoisotopic (exact) mass is 375 g/mol. The van der Waals surface area contributed by atoms with E-state index in [-0.39, 0.29) is 18.6 Å². The summed E-state index contributed by atoms with van der Waals surface area (Å²) in [7, 11) is 0. The van der Waals surface area contributed by atoms with Crippen LogP contribution in [-0.2, 0) is 16.1 Å². The molecule has 5 heteroatoms. The minimum atomic E-state index is -0.489. The van der Waals surface area contributed by atoms with Gasteiger partial charge in [-0.15, -0.1) is 0 Å². The van der Waals surface area contributed by atoms with E-state index in [0.717, 1.165) is 11.1 Å². The van der Waals surface area contributed by atoms with Crippen LogP contribution in [0.3, 0.4) is 0 Å². The van der Waals surface area contributed by atoms with Crippen molar-refractivity contribution in [3.05, 3.63) is 64.7 Å². The molecule has 0 aromatic heterocycles. The van der Waals surface area contributed by atoms with Gasteiger partial charge in [0.05, 0.1) is 6.54 Å². The van der Waals surface area contributed by atoms with Crippen molar-refractivity contribution < 1.29 is 14.3 Å². The van der Waals surface area contributed by atoms with E-state index >= 15 is 0 Å². The predicted octanol–water partition coefficient (Wildman–Crippen LogP) is 4.91. The first kappa shape index (κ1) is 20.3. The zero-order valence-corrected chi connectivity index (χ0v) is 16.5. The Kier molecular flexibility index (Phi) is 7.06. The van der Waals surface area contributed by atoms with Gasteiger partial charge in [0.25, 0.3) is 0 Å². The Balaban J connectivity index is 1.90. The Morgan fingerprint density at radius 2 is 1.85 bits per heavy atom. The van der Waals surface area contributed by atoms with Gasteiger partial charge in [-0.25, -0.2) is 0 Å². The largest absolute Gasteiger partial charge is 0.489 e. The van der Waals surface area contributed by atoms with Crippen LogP contribution in [0.5, 0.6) is 5.75 Å². The van der Waals surface area contributed by atoms with E-state index in [9.17, 15) is 4.79 Å². The minimum absolute atomic E-state index is 0.0850. The molecule has 2 rings (SSSR count). The molecule has 0 aliphatic heterocycles. The summed E-state index contributed by atoms with van der Waals surface area (Å²) in [5.41, 5.74) is 1.51. The second-order valence-corrected chi connectivity index (χ2v) is 7.55. The normalized spacial score (nSPS) is 12.5. The van der Waals surface area contributed by atoms with Crippen molar-refractivity contribution in [3.63, 3.8) is 0 Å². The van der Waals surface area contributed by atoms with E-state index < -0.39 is 5.60 Å². The second kappa shape index (κ2) is 9.06. The highest BCUT2D eigenvalue weighted by Crippen LogP contribution is 2.27. The summed E-state index contributed by atoms with van der Waals surface area (Å²) in [6, 6.07) is 15.5. The van der Waals surface area contributed by atoms with Gasteiger partial charge in [-0.2, -0.15) is 0 Å². The molecule has 26 heavy (non-hydrogen) atoms. The highest BCUT2D eigenvalue weighted by atomic mass is 35.5. The van der Waals surface area contributed by atoms with E-state index in [0.29, 0.717) is 17.4 Å². The molecule has 140 valence electrons. The molecule has 0 heterocycles. The number of benzene rings is 2. The van der Waals surface area contributed by atoms with Gasteiger partial charge in [0, 0.05) is 11.1 Å². The van der Waals surface area contributed by atoms with Crippen molar-refractivity contribution >= 4 is 17.6 Å². The number of hydrogen-bond donors (Lipinski definition) is 1. The molecular formula is C21H26ClNO3. The number of rotatable bonds is 7. The smallest absolute Gasteiger partial charge is 0.320 e. The van der Waals surface area contributed by atoms with Gasteiger partial charge < -0.3 is 14.8 Å². The summed E-state index contributed by atoms with van der Waals surface area (Å²) in [4.78, 5) is 11.8. The van der Waals surface area contributed by atoms with Crippen molar-refractivity contribution in [1.82, 2.24) is 5.32 Å². The summed E-state index contributed by atoms with van der Waals surface area (Å²) < 4.78 is 11.1. The molecule has 0 spiro atoms. The summed E-state index contributed by atoms with van der Waals surface area (Å²) in [5.74, 6) is 0.422. The fraction of sp³-hybridized carbons (Fsp3) is 0.381. The third-order valence-corrected chi connectivity index (χ3v) is 3.99. The highest BCUT2D eigenvalue weighted by molar-refractivity contribution is 6.31. The van der Waals surface area contributed by atoms with E-state index in [4.69, 9.17) is 21.1 Å². The quantitative estimate of drug-likeness (QED) is 0.698. The number of ether oxygens (including phenoxy) is 2. The van der Waals surface area contributed by atoms with Crippen LogP contribution in [-0.4, -0.2) is 18.1 Å². The van der Waals surface area contributed by atoms with Gasteiger partial charge in [0.2, 0.25) is 0 Å². The van der Waals surface area contributed by atoms with Crippen LogP contribution in [0.25, 0.3) is 0 Å². The van der Waals surface area contributed by atoms with Crippen LogP contribution in [0, 0.1) is 0 Å². The first-order valence-corrected chi connectivity index (χ1v) is 9.04. The Morgan fingerprint density at radius 3 is 2.46 bits per heavy atom. The topological polar surface area (TPSA) is 47.6 Å². The SMILES string of the molecule is CC(NCC(=O)OC(C)(C)C)c1ccc(OCc2ccccc2)cc1Cl. The van der Waals surface area contributed by atoms with Crippen molar-refractivity contribution in [1.29, 1.82) is 0 Å². The lowest BCUT2D eigenvalue weighted by Crippen LogP contribution is -2.32. The fourth-order valence-electron chi connectivity index (χ4n) is 2.41. The first-order chi connectivity index (χ1) is 12.2. The highest BCUT2D eigenvalue weighted by Gasteiger charge is 2.17. The van der Waals surface area contributed by atoms with Gasteiger partial charge in [-0.1, -0.05) is 48.0 Å². The lowest BCUT2D eigenvalue weighted by molar-refractivity contribution is -0.153. The van der Waals surface area contributed by atoms with Crippen LogP contribution in [0.1, 0.15) is 44.9 Å². The average molecular weight is 376 g/mol. The number of halogens is 1. The summed E-state index contributed by atoms with van der Waals surface area (Å²) in [5, 5.41) is 3.74. The molecule has 1 unspecified atom stereocenters. The molecule has 0 saturated carbocycles. The van der Waals surface area contributed by atoms with Crippen LogP contribution < -0.4 is 10.1 Å². The molecule has 0 aliphatic carbocycles. The molecule has 1 atom stereocenters. The van der Waals surface area contributed by atoms with Crippen LogP contribution >= 0.6 is 11.6 Å². The Morgan fingerprint density at radius 1 is 1.15 bits per heavy atom. The fourth-order valence-corrected chi connectivity index (χ4v) is 2.75. The molecule has 0 fully saturated rings. The second-order valence-electron chi connectivity index (χ2n) is 7.15. The lowest BCUT2D eigenvalue weighted by Gasteiger charge is -2.21. The van der Waals surface area contributed by atoms with E-state index in [1.807, 2.05) is 70.2 Å². The third kappa shape index (κ3) is 6.70. The predicted molar refractivity (Wildman–Crippen MR) is 104 cm³/mol. The molecule has 0 saturated heterocycles. The number of esters is 1. The maximum atomic E-state index is 11.8. The van der Waals surface area contributed by atoms with Gasteiger partial charge in [0.15, 0.2) is 0 Å².